The number of nitrogens with one attached hydrogen (secondary N) is 1. The van der Waals surface area contributed by atoms with Crippen LogP contribution in [0.3, 0.4) is 0 Å². The van der Waals surface area contributed by atoms with E-state index in [1.807, 2.05) is 60.7 Å². The van der Waals surface area contributed by atoms with E-state index in [4.69, 9.17) is 15.2 Å². The van der Waals surface area contributed by atoms with Crippen LogP contribution in [0.25, 0.3) is 0 Å². The monoisotopic (exact) mass is 475 g/mol. The van der Waals surface area contributed by atoms with E-state index in [1.54, 1.807) is 31.3 Å². The van der Waals surface area contributed by atoms with Crippen molar-refractivity contribution in [2.75, 3.05) is 18.6 Å². The molecule has 3 N–H and O–H groups in total. The first-order valence-corrected chi connectivity index (χ1v) is 11.2. The highest BCUT2D eigenvalue weighted by atomic mass is 16.5. The number of nitrogens with two attached hydrogens (primary N) is 1. The zero-order chi connectivity index (χ0) is 25.0. The zero-order valence-electron chi connectivity index (χ0n) is 19.6. The van der Waals surface area contributed by atoms with Crippen LogP contribution in [0, 0.1) is 0 Å². The minimum absolute atomic E-state index is 0.106. The Morgan fingerprint density at radius 1 is 0.886 bits per heavy atom. The number of hydrogen-bond acceptors (Lipinski definition) is 5. The predicted molar refractivity (Wildman–Crippen MR) is 133 cm³/mol. The largest absolute Gasteiger partial charge is 0.484 e. The van der Waals surface area contributed by atoms with Crippen molar-refractivity contribution in [2.45, 2.75) is 25.5 Å². The number of hydrogen-bond donors (Lipinski definition) is 2. The van der Waals surface area contributed by atoms with E-state index < -0.39 is 18.0 Å². The van der Waals surface area contributed by atoms with E-state index in [-0.39, 0.29) is 19.1 Å². The summed E-state index contributed by atoms with van der Waals surface area (Å²) in [5.74, 6) is -0.409. The number of alkyl carbamates (subject to hydrolysis) is 1. The molecule has 0 saturated carbocycles. The maximum atomic E-state index is 13.3. The van der Waals surface area contributed by atoms with Gasteiger partial charge in [0.25, 0.3) is 5.91 Å². The van der Waals surface area contributed by atoms with Crippen molar-refractivity contribution >= 4 is 23.6 Å². The molecule has 0 fully saturated rings. The second-order valence-corrected chi connectivity index (χ2v) is 7.93. The third kappa shape index (κ3) is 8.19. The highest BCUT2D eigenvalue weighted by Crippen LogP contribution is 2.20. The molecule has 0 aliphatic rings. The number of carbonyl (C=O) groups excluding carboxylic acids is 3. The first-order chi connectivity index (χ1) is 16.9. The minimum Gasteiger partial charge on any atom is -0.484 e. The average Bonchev–Trinajstić information content (AvgIpc) is 2.89. The number of benzene rings is 3. The third-order valence-corrected chi connectivity index (χ3v) is 5.30. The van der Waals surface area contributed by atoms with Crippen molar-refractivity contribution in [1.82, 2.24) is 5.32 Å². The molecule has 3 amide bonds. The topological polar surface area (TPSA) is 111 Å². The van der Waals surface area contributed by atoms with Crippen LogP contribution in [0.2, 0.25) is 0 Å². The summed E-state index contributed by atoms with van der Waals surface area (Å²) in [5.41, 5.74) is 7.61. The molecule has 8 heteroatoms. The molecule has 0 unspecified atom stereocenters. The Bertz CT molecular complexity index is 1100. The molecule has 0 radical (unpaired) electrons. The Balaban J connectivity index is 1.66. The van der Waals surface area contributed by atoms with Crippen LogP contribution in [0.5, 0.6) is 5.75 Å². The summed E-state index contributed by atoms with van der Waals surface area (Å²) in [6.45, 7) is -0.125. The number of rotatable bonds is 11. The van der Waals surface area contributed by atoms with Crippen LogP contribution in [-0.2, 0) is 27.4 Å². The molecule has 3 rings (SSSR count). The third-order valence-electron chi connectivity index (χ3n) is 5.30. The van der Waals surface area contributed by atoms with Gasteiger partial charge in [0.15, 0.2) is 6.61 Å². The standard InChI is InChI=1S/C27H29N3O5/c1-30(22-13-15-23(16-14-22)34-19-25(28)31)26(32)24(17-12-20-8-4-2-5-9-20)29-27(33)35-18-21-10-6-3-7-11-21/h2-11,13-16,24H,12,17-19H2,1H3,(H2,28,31)(H,29,33)/t24-/m0/s1. The van der Waals surface area contributed by atoms with Gasteiger partial charge in [0.05, 0.1) is 0 Å². The van der Waals surface area contributed by atoms with Gasteiger partial charge in [-0.2, -0.15) is 0 Å². The van der Waals surface area contributed by atoms with Gasteiger partial charge in [-0.05, 0) is 48.2 Å². The summed E-state index contributed by atoms with van der Waals surface area (Å²) in [7, 11) is 1.63. The molecule has 0 saturated heterocycles. The van der Waals surface area contributed by atoms with E-state index in [1.165, 1.54) is 4.90 Å². The van der Waals surface area contributed by atoms with Crippen molar-refractivity contribution in [3.05, 3.63) is 96.1 Å². The first kappa shape index (κ1) is 25.3. The van der Waals surface area contributed by atoms with Gasteiger partial charge in [0.2, 0.25) is 5.91 Å². The maximum Gasteiger partial charge on any atom is 0.408 e. The highest BCUT2D eigenvalue weighted by Gasteiger charge is 2.25. The van der Waals surface area contributed by atoms with E-state index in [2.05, 4.69) is 5.32 Å². The molecule has 3 aromatic rings. The van der Waals surface area contributed by atoms with Gasteiger partial charge in [-0.3, -0.25) is 9.59 Å². The van der Waals surface area contributed by atoms with Crippen molar-refractivity contribution < 1.29 is 23.9 Å². The second-order valence-electron chi connectivity index (χ2n) is 7.93. The van der Waals surface area contributed by atoms with Crippen molar-refractivity contribution in [2.24, 2.45) is 5.73 Å². The normalized spacial score (nSPS) is 11.2. The van der Waals surface area contributed by atoms with Crippen LogP contribution in [0.4, 0.5) is 10.5 Å². The number of primary amides is 1. The van der Waals surface area contributed by atoms with Crippen LogP contribution in [-0.4, -0.2) is 37.6 Å². The van der Waals surface area contributed by atoms with Gasteiger partial charge >= 0.3 is 6.09 Å². The number of aryl methyl sites for hydroxylation is 1. The SMILES string of the molecule is CN(C(=O)[C@H](CCc1ccccc1)NC(=O)OCc1ccccc1)c1ccc(OCC(N)=O)cc1. The van der Waals surface area contributed by atoms with Gasteiger partial charge in [0.1, 0.15) is 18.4 Å². The first-order valence-electron chi connectivity index (χ1n) is 11.2. The molecule has 8 nitrogen and oxygen atoms in total. The lowest BCUT2D eigenvalue weighted by Crippen LogP contribution is -2.48. The fraction of sp³-hybridized carbons (Fsp3) is 0.222. The minimum atomic E-state index is -0.797. The van der Waals surface area contributed by atoms with Crippen molar-refractivity contribution in [1.29, 1.82) is 0 Å². The van der Waals surface area contributed by atoms with E-state index in [9.17, 15) is 14.4 Å². The van der Waals surface area contributed by atoms with Crippen LogP contribution in [0.15, 0.2) is 84.9 Å². The van der Waals surface area contributed by atoms with Crippen LogP contribution >= 0.6 is 0 Å². The smallest absolute Gasteiger partial charge is 0.408 e. The van der Waals surface area contributed by atoms with E-state index in [0.717, 1.165) is 11.1 Å². The van der Waals surface area contributed by atoms with Crippen LogP contribution < -0.4 is 20.7 Å². The molecular weight excluding hydrogens is 446 g/mol. The molecule has 182 valence electrons. The quantitative estimate of drug-likeness (QED) is 0.441. The zero-order valence-corrected chi connectivity index (χ0v) is 19.6. The van der Waals surface area contributed by atoms with Crippen LogP contribution in [0.1, 0.15) is 17.5 Å². The Morgan fingerprint density at radius 2 is 1.49 bits per heavy atom. The van der Waals surface area contributed by atoms with E-state index in [0.29, 0.717) is 24.3 Å². The fourth-order valence-corrected chi connectivity index (χ4v) is 3.40. The lowest BCUT2D eigenvalue weighted by atomic mass is 10.0. The summed E-state index contributed by atoms with van der Waals surface area (Å²) in [6, 6.07) is 24.9. The lowest BCUT2D eigenvalue weighted by Gasteiger charge is -2.25. The average molecular weight is 476 g/mol. The molecule has 1 atom stereocenters. The number of carbonyl (C=O) groups is 3. The lowest BCUT2D eigenvalue weighted by molar-refractivity contribution is -0.120. The molecule has 0 spiro atoms. The van der Waals surface area contributed by atoms with Gasteiger partial charge in [-0.1, -0.05) is 60.7 Å². The van der Waals surface area contributed by atoms with Crippen molar-refractivity contribution in [3.63, 3.8) is 0 Å². The molecule has 0 bridgehead atoms. The summed E-state index contributed by atoms with van der Waals surface area (Å²) >= 11 is 0. The summed E-state index contributed by atoms with van der Waals surface area (Å²) in [4.78, 5) is 38.2. The summed E-state index contributed by atoms with van der Waals surface area (Å²) < 4.78 is 10.6. The number of nitrogens with zero attached hydrogens (tertiary/aromatic N) is 1. The summed E-state index contributed by atoms with van der Waals surface area (Å²) in [6.07, 6.45) is 0.334. The Kier molecular flexibility index (Phi) is 9.24. The molecule has 0 heterocycles. The molecular formula is C27H29N3O5. The number of likely N-dealkylation sites (N-methyl/N-ethyl adjacent to an activating group) is 1. The molecule has 0 aromatic heterocycles. The van der Waals surface area contributed by atoms with Gasteiger partial charge in [-0.25, -0.2) is 4.79 Å². The molecule has 0 aliphatic heterocycles. The van der Waals surface area contributed by atoms with Crippen molar-refractivity contribution in [3.8, 4) is 5.75 Å². The second kappa shape index (κ2) is 12.8. The molecule has 3 aromatic carbocycles. The Morgan fingerprint density at radius 3 is 2.09 bits per heavy atom. The molecule has 35 heavy (non-hydrogen) atoms. The van der Waals surface area contributed by atoms with E-state index >= 15 is 0 Å². The number of amides is 3. The number of ether oxygens (including phenoxy) is 2. The van der Waals surface area contributed by atoms with Gasteiger partial charge in [-0.15, -0.1) is 0 Å². The Hall–Kier alpha value is -4.33. The Labute approximate surface area is 204 Å². The van der Waals surface area contributed by atoms with Gasteiger partial charge < -0.3 is 25.4 Å². The highest BCUT2D eigenvalue weighted by molar-refractivity contribution is 5.98. The fourth-order valence-electron chi connectivity index (χ4n) is 3.40. The summed E-state index contributed by atoms with van der Waals surface area (Å²) in [5, 5.41) is 2.72. The predicted octanol–water partition coefficient (Wildman–Crippen LogP) is 3.44. The number of anilines is 1. The molecule has 0 aliphatic carbocycles. The van der Waals surface area contributed by atoms with Gasteiger partial charge in [0, 0.05) is 12.7 Å². The maximum absolute atomic E-state index is 13.3.